The van der Waals surface area contributed by atoms with Gasteiger partial charge in [-0.3, -0.25) is 4.79 Å². The van der Waals surface area contributed by atoms with Crippen LogP contribution < -0.4 is 15.8 Å². The lowest BCUT2D eigenvalue weighted by atomic mass is 10.3. The first kappa shape index (κ1) is 19.7. The molecule has 3 aromatic rings. The third-order valence-corrected chi connectivity index (χ3v) is 4.84. The Bertz CT molecular complexity index is 996. The molecule has 0 unspecified atom stereocenters. The highest BCUT2D eigenvalue weighted by Gasteiger charge is 2.23. The number of fused-ring (bicyclic) bond motifs is 1. The lowest BCUT2D eigenvalue weighted by Crippen LogP contribution is -2.26. The number of nitrogens with two attached hydrogens (primary N) is 1. The molecule has 0 aromatic carbocycles. The van der Waals surface area contributed by atoms with Crippen molar-refractivity contribution in [3.8, 4) is 6.01 Å². The van der Waals surface area contributed by atoms with E-state index >= 15 is 0 Å². The summed E-state index contributed by atoms with van der Waals surface area (Å²) in [6.07, 6.45) is 2.69. The topological polar surface area (TPSA) is 145 Å². The molecule has 12 heteroatoms. The zero-order valence-corrected chi connectivity index (χ0v) is 16.2. The van der Waals surface area contributed by atoms with Gasteiger partial charge in [-0.2, -0.15) is 9.97 Å². The summed E-state index contributed by atoms with van der Waals surface area (Å²) < 4.78 is 19.4. The van der Waals surface area contributed by atoms with Gasteiger partial charge >= 0.3 is 6.01 Å². The number of hydrogen-bond donors (Lipinski definition) is 3. The Kier molecular flexibility index (Phi) is 5.87. The van der Waals surface area contributed by atoms with Gasteiger partial charge in [0.25, 0.3) is 0 Å². The fourth-order valence-electron chi connectivity index (χ4n) is 2.27. The van der Waals surface area contributed by atoms with Crippen molar-refractivity contribution in [1.29, 1.82) is 0 Å². The molecule has 0 radical (unpaired) electrons. The number of amides is 1. The van der Waals surface area contributed by atoms with Crippen molar-refractivity contribution in [2.75, 3.05) is 11.1 Å². The van der Waals surface area contributed by atoms with Crippen LogP contribution in [0.15, 0.2) is 17.6 Å². The SMILES string of the molecule is CC[C@H](Sc1nc(N)nc2nc[nH]c12)C(=O)Nc1nc(OC(C)C)ncc1F. The van der Waals surface area contributed by atoms with Gasteiger partial charge in [0, 0.05) is 0 Å². The van der Waals surface area contributed by atoms with E-state index in [1.807, 2.05) is 6.92 Å². The maximum absolute atomic E-state index is 14.0. The molecule has 0 spiro atoms. The first-order chi connectivity index (χ1) is 13.4. The minimum Gasteiger partial charge on any atom is -0.461 e. The molecule has 28 heavy (non-hydrogen) atoms. The summed E-state index contributed by atoms with van der Waals surface area (Å²) in [4.78, 5) is 35.5. The maximum atomic E-state index is 14.0. The minimum atomic E-state index is -0.758. The van der Waals surface area contributed by atoms with Crippen LogP contribution in [-0.2, 0) is 4.79 Å². The van der Waals surface area contributed by atoms with Crippen LogP contribution >= 0.6 is 11.8 Å². The standard InChI is InChI=1S/C16H19FN8O2S/c1-4-9(28-14-10-12(21-6-20-10)23-15(18)25-14)13(26)22-11-8(17)5-19-16(24-11)27-7(2)3/h5-7,9H,4H2,1-3H3,(H,19,22,24,26)(H3,18,20,21,23,25)/t9-/m0/s1. The number of nitrogens with one attached hydrogen (secondary N) is 2. The third-order valence-electron chi connectivity index (χ3n) is 3.49. The van der Waals surface area contributed by atoms with E-state index in [2.05, 4.69) is 35.2 Å². The maximum Gasteiger partial charge on any atom is 0.318 e. The second-order valence-electron chi connectivity index (χ2n) is 6.01. The molecule has 10 nitrogen and oxygen atoms in total. The van der Waals surface area contributed by atoms with Crippen molar-refractivity contribution in [1.82, 2.24) is 29.9 Å². The summed E-state index contributed by atoms with van der Waals surface area (Å²) in [6, 6.07) is -0.0184. The number of halogens is 1. The predicted octanol–water partition coefficient (Wildman–Crippen LogP) is 2.16. The highest BCUT2D eigenvalue weighted by atomic mass is 32.2. The fourth-order valence-corrected chi connectivity index (χ4v) is 3.28. The van der Waals surface area contributed by atoms with E-state index in [9.17, 15) is 9.18 Å². The van der Waals surface area contributed by atoms with E-state index in [-0.39, 0.29) is 23.9 Å². The van der Waals surface area contributed by atoms with E-state index in [1.54, 1.807) is 13.8 Å². The number of aromatic amines is 1. The number of nitrogen functional groups attached to an aromatic ring is 1. The molecule has 3 heterocycles. The van der Waals surface area contributed by atoms with Crippen molar-refractivity contribution in [3.63, 3.8) is 0 Å². The van der Waals surface area contributed by atoms with Gasteiger partial charge in [0.1, 0.15) is 10.5 Å². The first-order valence-corrected chi connectivity index (χ1v) is 9.38. The fraction of sp³-hybridized carbons (Fsp3) is 0.375. The van der Waals surface area contributed by atoms with Gasteiger partial charge in [0.05, 0.1) is 23.9 Å². The van der Waals surface area contributed by atoms with Gasteiger partial charge in [-0.15, -0.1) is 0 Å². The molecule has 3 aromatic heterocycles. The Morgan fingerprint density at radius 3 is 2.86 bits per heavy atom. The van der Waals surface area contributed by atoms with Gasteiger partial charge in [-0.05, 0) is 20.3 Å². The Labute approximate surface area is 163 Å². The Morgan fingerprint density at radius 2 is 2.14 bits per heavy atom. The molecule has 3 rings (SSSR count). The van der Waals surface area contributed by atoms with Gasteiger partial charge in [0.2, 0.25) is 11.9 Å². The first-order valence-electron chi connectivity index (χ1n) is 8.50. The summed E-state index contributed by atoms with van der Waals surface area (Å²) in [5, 5.41) is 2.39. The van der Waals surface area contributed by atoms with Crippen LogP contribution in [0.5, 0.6) is 6.01 Å². The average molecular weight is 406 g/mol. The molecule has 0 aliphatic heterocycles. The molecule has 0 saturated carbocycles. The molecule has 1 atom stereocenters. The number of carbonyl (C=O) groups is 1. The number of ether oxygens (including phenoxy) is 1. The Morgan fingerprint density at radius 1 is 1.36 bits per heavy atom. The van der Waals surface area contributed by atoms with Crippen molar-refractivity contribution < 1.29 is 13.9 Å². The monoisotopic (exact) mass is 406 g/mol. The summed E-state index contributed by atoms with van der Waals surface area (Å²) >= 11 is 1.17. The number of thioether (sulfide) groups is 1. The lowest BCUT2D eigenvalue weighted by molar-refractivity contribution is -0.115. The predicted molar refractivity (Wildman–Crippen MR) is 102 cm³/mol. The van der Waals surface area contributed by atoms with Crippen molar-refractivity contribution in [3.05, 3.63) is 18.3 Å². The normalized spacial score (nSPS) is 12.3. The van der Waals surface area contributed by atoms with Crippen LogP contribution in [0.3, 0.4) is 0 Å². The Hall–Kier alpha value is -3.02. The van der Waals surface area contributed by atoms with Crippen LogP contribution in [0.2, 0.25) is 0 Å². The Balaban J connectivity index is 1.79. The number of anilines is 2. The third kappa shape index (κ3) is 4.44. The van der Waals surface area contributed by atoms with Crippen LogP contribution in [0.25, 0.3) is 11.2 Å². The molecular weight excluding hydrogens is 387 g/mol. The molecule has 4 N–H and O–H groups in total. The number of nitrogens with zero attached hydrogens (tertiary/aromatic N) is 5. The second-order valence-corrected chi connectivity index (χ2v) is 7.20. The smallest absolute Gasteiger partial charge is 0.318 e. The van der Waals surface area contributed by atoms with E-state index in [0.717, 1.165) is 6.20 Å². The van der Waals surface area contributed by atoms with Crippen LogP contribution in [0, 0.1) is 5.82 Å². The number of aromatic nitrogens is 6. The van der Waals surface area contributed by atoms with Gasteiger partial charge in [-0.25, -0.2) is 19.3 Å². The minimum absolute atomic E-state index is 0.0184. The largest absolute Gasteiger partial charge is 0.461 e. The molecule has 1 amide bonds. The summed E-state index contributed by atoms with van der Waals surface area (Å²) in [6.45, 7) is 5.41. The quantitative estimate of drug-likeness (QED) is 0.397. The van der Waals surface area contributed by atoms with Gasteiger partial charge in [0.15, 0.2) is 17.3 Å². The van der Waals surface area contributed by atoms with E-state index in [0.29, 0.717) is 22.6 Å². The van der Waals surface area contributed by atoms with Crippen molar-refractivity contribution in [2.45, 2.75) is 43.6 Å². The molecule has 0 aliphatic rings. The van der Waals surface area contributed by atoms with E-state index < -0.39 is 17.0 Å². The summed E-state index contributed by atoms with van der Waals surface area (Å²) in [5.41, 5.74) is 6.69. The van der Waals surface area contributed by atoms with Crippen LogP contribution in [-0.4, -0.2) is 47.2 Å². The highest BCUT2D eigenvalue weighted by Crippen LogP contribution is 2.30. The lowest BCUT2D eigenvalue weighted by Gasteiger charge is -2.15. The summed E-state index contributed by atoms with van der Waals surface area (Å²) in [5.74, 6) is -1.39. The highest BCUT2D eigenvalue weighted by molar-refractivity contribution is 8.00. The average Bonchev–Trinajstić information content (AvgIpc) is 3.10. The van der Waals surface area contributed by atoms with E-state index in [1.165, 1.54) is 18.1 Å². The number of rotatable bonds is 7. The molecule has 0 bridgehead atoms. The summed E-state index contributed by atoms with van der Waals surface area (Å²) in [7, 11) is 0. The van der Waals surface area contributed by atoms with Crippen molar-refractivity contribution >= 4 is 40.6 Å². The zero-order chi connectivity index (χ0) is 20.3. The molecule has 0 fully saturated rings. The van der Waals surface area contributed by atoms with Gasteiger partial charge in [-0.1, -0.05) is 18.7 Å². The van der Waals surface area contributed by atoms with Crippen LogP contribution in [0.4, 0.5) is 16.2 Å². The molecular formula is C16H19FN8O2S. The zero-order valence-electron chi connectivity index (χ0n) is 15.4. The van der Waals surface area contributed by atoms with Crippen LogP contribution in [0.1, 0.15) is 27.2 Å². The van der Waals surface area contributed by atoms with Gasteiger partial charge < -0.3 is 20.8 Å². The van der Waals surface area contributed by atoms with Crippen molar-refractivity contribution in [2.24, 2.45) is 0 Å². The second kappa shape index (κ2) is 8.33. The van der Waals surface area contributed by atoms with E-state index in [4.69, 9.17) is 10.5 Å². The molecule has 148 valence electrons. The molecule has 0 aliphatic carbocycles. The number of hydrogen-bond acceptors (Lipinski definition) is 9. The number of imidazole rings is 1. The number of carbonyl (C=O) groups excluding carboxylic acids is 1. The molecule has 0 saturated heterocycles. The number of H-pyrrole nitrogens is 1.